The topological polar surface area (TPSA) is 116 Å². The van der Waals surface area contributed by atoms with Crippen molar-refractivity contribution in [3.05, 3.63) is 23.8 Å². The van der Waals surface area contributed by atoms with E-state index in [1.54, 1.807) is 6.08 Å². The van der Waals surface area contributed by atoms with Crippen molar-refractivity contribution in [3.8, 4) is 0 Å². The van der Waals surface area contributed by atoms with Crippen LogP contribution in [0.5, 0.6) is 0 Å². The van der Waals surface area contributed by atoms with Crippen LogP contribution in [0, 0.1) is 0 Å². The van der Waals surface area contributed by atoms with Gasteiger partial charge in [-0.1, -0.05) is 89.7 Å². The molecule has 1 fully saturated rings. The average Bonchev–Trinajstić information content (AvgIpc) is 3.60. The van der Waals surface area contributed by atoms with E-state index in [-0.39, 0.29) is 30.4 Å². The van der Waals surface area contributed by atoms with E-state index < -0.39 is 18.3 Å². The van der Waals surface area contributed by atoms with Crippen LogP contribution in [0.3, 0.4) is 0 Å². The van der Waals surface area contributed by atoms with Crippen LogP contribution in [0.1, 0.15) is 162 Å². The van der Waals surface area contributed by atoms with E-state index in [4.69, 9.17) is 9.47 Å². The number of esters is 1. The van der Waals surface area contributed by atoms with Gasteiger partial charge in [-0.15, -0.1) is 0 Å². The van der Waals surface area contributed by atoms with Crippen molar-refractivity contribution in [2.45, 2.75) is 204 Å². The fourth-order valence-electron chi connectivity index (χ4n) is 6.46. The highest BCUT2D eigenvalue weighted by Gasteiger charge is 2.30. The number of aliphatic hydroxyl groups is 4. The Morgan fingerprint density at radius 1 is 0.773 bits per heavy atom. The summed E-state index contributed by atoms with van der Waals surface area (Å²) >= 11 is 0. The Kier molecular flexibility index (Phi) is 21.2. The minimum absolute atomic E-state index is 0.0562. The Morgan fingerprint density at radius 3 is 2.02 bits per heavy atom. The molecule has 0 amide bonds. The summed E-state index contributed by atoms with van der Waals surface area (Å²) in [6.07, 6.45) is 26.4. The van der Waals surface area contributed by atoms with Gasteiger partial charge in [0.15, 0.2) is 0 Å². The van der Waals surface area contributed by atoms with Gasteiger partial charge in [0, 0.05) is 12.0 Å². The third-order valence-electron chi connectivity index (χ3n) is 9.29. The quantitative estimate of drug-likeness (QED) is 0.0423. The van der Waals surface area contributed by atoms with Crippen LogP contribution in [-0.2, 0) is 14.3 Å². The lowest BCUT2D eigenvalue weighted by atomic mass is 9.98. The molecule has 0 aromatic heterocycles. The van der Waals surface area contributed by atoms with Crippen molar-refractivity contribution in [1.82, 2.24) is 0 Å². The number of cyclic esters (lactones) is 1. The normalized spacial score (nSPS) is 23.2. The summed E-state index contributed by atoms with van der Waals surface area (Å²) in [6.45, 7) is 4.05. The van der Waals surface area contributed by atoms with Gasteiger partial charge in [0.1, 0.15) is 6.10 Å². The third-order valence-corrected chi connectivity index (χ3v) is 9.29. The van der Waals surface area contributed by atoms with E-state index in [1.165, 1.54) is 51.4 Å². The predicted molar refractivity (Wildman–Crippen MR) is 177 cm³/mol. The first-order valence-corrected chi connectivity index (χ1v) is 18.2. The van der Waals surface area contributed by atoms with Gasteiger partial charge in [-0.2, -0.15) is 0 Å². The van der Waals surface area contributed by atoms with E-state index in [0.717, 1.165) is 70.6 Å². The highest BCUT2D eigenvalue weighted by Crippen LogP contribution is 2.28. The second-order valence-electron chi connectivity index (χ2n) is 13.5. The second kappa shape index (κ2) is 24.0. The van der Waals surface area contributed by atoms with Crippen LogP contribution in [0.2, 0.25) is 0 Å². The number of allylic oxidation sites excluding steroid dienone is 2. The molecule has 2 aliphatic rings. The van der Waals surface area contributed by atoms with Crippen LogP contribution in [0.4, 0.5) is 0 Å². The van der Waals surface area contributed by atoms with Crippen molar-refractivity contribution in [1.29, 1.82) is 0 Å². The van der Waals surface area contributed by atoms with Crippen molar-refractivity contribution >= 4 is 5.97 Å². The Balaban J connectivity index is 1.40. The minimum Gasteiger partial charge on any atom is -0.455 e. The number of unbranched alkanes of at least 4 members (excludes halogenated alkanes) is 11. The van der Waals surface area contributed by atoms with Gasteiger partial charge < -0.3 is 29.9 Å². The van der Waals surface area contributed by atoms with E-state index in [9.17, 15) is 25.2 Å². The largest absolute Gasteiger partial charge is 0.455 e. The average molecular weight is 623 g/mol. The number of rotatable bonds is 27. The van der Waals surface area contributed by atoms with Crippen molar-refractivity contribution < 1.29 is 34.7 Å². The molecule has 2 unspecified atom stereocenters. The molecular weight excluding hydrogens is 556 g/mol. The predicted octanol–water partition coefficient (Wildman–Crippen LogP) is 7.62. The van der Waals surface area contributed by atoms with E-state index in [2.05, 4.69) is 19.1 Å². The monoisotopic (exact) mass is 622 g/mol. The fraction of sp³-hybridized carbons (Fsp3) is 0.865. The number of aliphatic hydroxyl groups excluding tert-OH is 4. The zero-order valence-electron chi connectivity index (χ0n) is 28.1. The van der Waals surface area contributed by atoms with Gasteiger partial charge in [-0.25, -0.2) is 4.79 Å². The minimum atomic E-state index is -0.704. The maximum Gasteiger partial charge on any atom is 0.334 e. The van der Waals surface area contributed by atoms with Crippen LogP contribution in [0.15, 0.2) is 23.8 Å². The third kappa shape index (κ3) is 17.4. The van der Waals surface area contributed by atoms with Crippen molar-refractivity contribution in [3.63, 3.8) is 0 Å². The smallest absolute Gasteiger partial charge is 0.334 e. The van der Waals surface area contributed by atoms with Crippen LogP contribution in [0.25, 0.3) is 0 Å². The molecule has 0 saturated carbocycles. The number of ether oxygens (including phenoxy) is 2. The lowest BCUT2D eigenvalue weighted by Crippen LogP contribution is -2.27. The Bertz CT molecular complexity index is 797. The highest BCUT2D eigenvalue weighted by molar-refractivity contribution is 5.90. The summed E-state index contributed by atoms with van der Waals surface area (Å²) < 4.78 is 11.2. The summed E-state index contributed by atoms with van der Waals surface area (Å²) in [7, 11) is 0. The van der Waals surface area contributed by atoms with E-state index >= 15 is 0 Å². The number of carbonyl (C=O) groups is 1. The molecule has 0 aromatic rings. The van der Waals surface area contributed by atoms with E-state index in [0.29, 0.717) is 31.3 Å². The summed E-state index contributed by atoms with van der Waals surface area (Å²) in [4.78, 5) is 11.7. The molecule has 1 saturated heterocycles. The molecule has 7 heteroatoms. The zero-order valence-corrected chi connectivity index (χ0v) is 28.1. The maximum atomic E-state index is 11.7. The molecule has 0 radical (unpaired) electrons. The summed E-state index contributed by atoms with van der Waals surface area (Å²) in [5, 5.41) is 41.6. The molecule has 2 heterocycles. The summed E-state index contributed by atoms with van der Waals surface area (Å²) in [5.74, 6) is -0.309. The first-order chi connectivity index (χ1) is 21.3. The van der Waals surface area contributed by atoms with Gasteiger partial charge in [-0.3, -0.25) is 0 Å². The van der Waals surface area contributed by atoms with Crippen LogP contribution in [-0.4, -0.2) is 69.1 Å². The lowest BCUT2D eigenvalue weighted by molar-refractivity contribution is -0.139. The van der Waals surface area contributed by atoms with Gasteiger partial charge in [-0.05, 0) is 83.6 Å². The molecule has 0 spiro atoms. The number of hydrogen-bond donors (Lipinski definition) is 4. The van der Waals surface area contributed by atoms with Crippen molar-refractivity contribution in [2.75, 3.05) is 0 Å². The molecular formula is C37H66O7. The molecule has 0 aromatic carbocycles. The maximum absolute atomic E-state index is 11.7. The van der Waals surface area contributed by atoms with Gasteiger partial charge in [0.25, 0.3) is 0 Å². The molecule has 2 rings (SSSR count). The first-order valence-electron chi connectivity index (χ1n) is 18.2. The molecule has 4 N–H and O–H groups in total. The van der Waals surface area contributed by atoms with E-state index in [1.807, 2.05) is 6.92 Å². The van der Waals surface area contributed by atoms with Crippen LogP contribution >= 0.6 is 0 Å². The fourth-order valence-corrected chi connectivity index (χ4v) is 6.46. The highest BCUT2D eigenvalue weighted by atomic mass is 16.5. The number of carbonyl (C=O) groups excluding carboxylic acids is 1. The molecule has 7 nitrogen and oxygen atoms in total. The zero-order chi connectivity index (χ0) is 32.0. The Labute approximate surface area is 268 Å². The molecule has 44 heavy (non-hydrogen) atoms. The summed E-state index contributed by atoms with van der Waals surface area (Å²) in [6, 6.07) is 0. The molecule has 256 valence electrons. The second-order valence-corrected chi connectivity index (χ2v) is 13.5. The molecule has 0 bridgehead atoms. The molecule has 7 atom stereocenters. The van der Waals surface area contributed by atoms with Crippen LogP contribution < -0.4 is 0 Å². The summed E-state index contributed by atoms with van der Waals surface area (Å²) in [5.41, 5.74) is 0.583. The Hall–Kier alpha value is -1.25. The standard InChI is InChI=1S/C37H66O7/c1-3-4-5-6-7-8-9-10-11-14-18-23-35(41)36-26-25-32(44-36)21-19-24-34(40)33(39)22-17-15-12-13-16-20-31(38)28-30-27-29(2)43-37(30)42/h6-7,27,29,31-36,38-41H,3-5,8-26,28H2,1-2H3/b7-6-/t29?,31?,32-,33-,34-,35+,36+/m1/s1. The SMILES string of the molecule is CCCC/C=C\CCCCCCC[C@H](O)[C@@H]1CC[C@@H](CCC[C@@H](O)[C@H](O)CCCCCCCC(O)CC2=CC(C)OC2=O)O1. The Morgan fingerprint density at radius 2 is 1.36 bits per heavy atom. The first kappa shape index (κ1) is 38.9. The molecule has 0 aliphatic carbocycles. The van der Waals surface area contributed by atoms with Gasteiger partial charge in [0.2, 0.25) is 0 Å². The lowest BCUT2D eigenvalue weighted by Gasteiger charge is -2.20. The number of hydrogen-bond acceptors (Lipinski definition) is 7. The van der Waals surface area contributed by atoms with Gasteiger partial charge in [0.05, 0.1) is 36.6 Å². The van der Waals surface area contributed by atoms with Gasteiger partial charge >= 0.3 is 5.97 Å². The van der Waals surface area contributed by atoms with Crippen molar-refractivity contribution in [2.24, 2.45) is 0 Å². The molecule has 2 aliphatic heterocycles.